The molecule has 19 heavy (non-hydrogen) atoms. The minimum Gasteiger partial charge on any atom is -0.491 e. The van der Waals surface area contributed by atoms with Crippen LogP contribution < -0.4 is 10.1 Å². The molecule has 0 spiro atoms. The fraction of sp³-hybridized carbons (Fsp3) is 0.333. The first-order chi connectivity index (χ1) is 9.29. The fourth-order valence-corrected chi connectivity index (χ4v) is 3.17. The number of aryl methyl sites for hydroxylation is 1. The fourth-order valence-electron chi connectivity index (χ4n) is 1.76. The zero-order chi connectivity index (χ0) is 13.5. The second-order valence-electron chi connectivity index (χ2n) is 4.19. The van der Waals surface area contributed by atoms with Gasteiger partial charge in [0.1, 0.15) is 12.4 Å². The summed E-state index contributed by atoms with van der Waals surface area (Å²) in [5.41, 5.74) is 0. The predicted molar refractivity (Wildman–Crippen MR) is 84.5 cm³/mol. The average molecular weight is 293 g/mol. The lowest BCUT2D eigenvalue weighted by atomic mass is 10.3. The maximum Gasteiger partial charge on any atom is 0.132 e. The Labute approximate surface area is 123 Å². The Morgan fingerprint density at radius 3 is 2.79 bits per heavy atom. The zero-order valence-corrected chi connectivity index (χ0v) is 12.9. The van der Waals surface area contributed by atoms with Gasteiger partial charge in [0.05, 0.1) is 0 Å². The van der Waals surface area contributed by atoms with Crippen LogP contribution >= 0.6 is 23.1 Å². The third-order valence-electron chi connectivity index (χ3n) is 2.70. The standard InChI is InChI=1S/C15H19NOS2/c1-12-7-8-13(19-12)11-16-9-10-17-14-5-3-4-6-15(14)18-2/h3-8,16H,9-11H2,1-2H3. The van der Waals surface area contributed by atoms with Gasteiger partial charge in [-0.05, 0) is 37.4 Å². The molecule has 0 unspecified atom stereocenters. The molecule has 2 nitrogen and oxygen atoms in total. The predicted octanol–water partition coefficient (Wildman–Crippen LogP) is 3.95. The van der Waals surface area contributed by atoms with Gasteiger partial charge in [-0.15, -0.1) is 23.1 Å². The number of thioether (sulfide) groups is 1. The normalized spacial score (nSPS) is 10.6. The number of thiophene rings is 1. The molecular weight excluding hydrogens is 274 g/mol. The Morgan fingerprint density at radius 2 is 2.05 bits per heavy atom. The Hall–Kier alpha value is -0.970. The molecule has 1 aromatic heterocycles. The lowest BCUT2D eigenvalue weighted by molar-refractivity contribution is 0.307. The van der Waals surface area contributed by atoms with Crippen molar-refractivity contribution in [3.8, 4) is 5.75 Å². The quantitative estimate of drug-likeness (QED) is 0.617. The van der Waals surface area contributed by atoms with Crippen LogP contribution in [0.3, 0.4) is 0 Å². The number of para-hydroxylation sites is 1. The summed E-state index contributed by atoms with van der Waals surface area (Å²) in [6.45, 7) is 4.62. The van der Waals surface area contributed by atoms with Gasteiger partial charge in [0.25, 0.3) is 0 Å². The van der Waals surface area contributed by atoms with E-state index in [1.165, 1.54) is 14.6 Å². The van der Waals surface area contributed by atoms with Crippen molar-refractivity contribution in [1.82, 2.24) is 5.32 Å². The van der Waals surface area contributed by atoms with Gasteiger partial charge < -0.3 is 10.1 Å². The van der Waals surface area contributed by atoms with Crippen molar-refractivity contribution in [1.29, 1.82) is 0 Å². The summed E-state index contributed by atoms with van der Waals surface area (Å²) in [5.74, 6) is 0.976. The van der Waals surface area contributed by atoms with Crippen LogP contribution in [0.15, 0.2) is 41.3 Å². The Balaban J connectivity index is 1.69. The van der Waals surface area contributed by atoms with E-state index in [0.717, 1.165) is 18.8 Å². The highest BCUT2D eigenvalue weighted by atomic mass is 32.2. The first-order valence-electron chi connectivity index (χ1n) is 6.31. The van der Waals surface area contributed by atoms with E-state index >= 15 is 0 Å². The third kappa shape index (κ3) is 4.56. The lowest BCUT2D eigenvalue weighted by Crippen LogP contribution is -2.20. The summed E-state index contributed by atoms with van der Waals surface area (Å²) >= 11 is 3.56. The number of rotatable bonds is 7. The van der Waals surface area contributed by atoms with Crippen LogP contribution in [0, 0.1) is 6.92 Å². The largest absolute Gasteiger partial charge is 0.491 e. The molecule has 0 aliphatic carbocycles. The summed E-state index contributed by atoms with van der Waals surface area (Å²) in [4.78, 5) is 3.93. The van der Waals surface area contributed by atoms with Gasteiger partial charge in [0.2, 0.25) is 0 Å². The Kier molecular flexibility index (Phi) is 5.76. The van der Waals surface area contributed by atoms with Crippen molar-refractivity contribution in [2.45, 2.75) is 18.4 Å². The second-order valence-corrected chi connectivity index (χ2v) is 6.41. The van der Waals surface area contributed by atoms with E-state index in [4.69, 9.17) is 4.74 Å². The van der Waals surface area contributed by atoms with Crippen molar-refractivity contribution in [2.75, 3.05) is 19.4 Å². The zero-order valence-electron chi connectivity index (χ0n) is 11.3. The van der Waals surface area contributed by atoms with Crippen LogP contribution in [0.5, 0.6) is 5.75 Å². The van der Waals surface area contributed by atoms with Crippen LogP contribution in [0.25, 0.3) is 0 Å². The lowest BCUT2D eigenvalue weighted by Gasteiger charge is -2.10. The van der Waals surface area contributed by atoms with E-state index in [2.05, 4.69) is 36.7 Å². The van der Waals surface area contributed by atoms with Crippen molar-refractivity contribution >= 4 is 23.1 Å². The number of benzene rings is 1. The number of hydrogen-bond acceptors (Lipinski definition) is 4. The van der Waals surface area contributed by atoms with Gasteiger partial charge >= 0.3 is 0 Å². The first-order valence-corrected chi connectivity index (χ1v) is 8.35. The first kappa shape index (κ1) is 14.4. The third-order valence-corrected chi connectivity index (χ3v) is 4.48. The number of ether oxygens (including phenoxy) is 1. The summed E-state index contributed by atoms with van der Waals surface area (Å²) in [6, 6.07) is 12.5. The van der Waals surface area contributed by atoms with Crippen molar-refractivity contribution < 1.29 is 4.74 Å². The SMILES string of the molecule is CSc1ccccc1OCCNCc1ccc(C)s1. The molecule has 1 N–H and O–H groups in total. The molecule has 0 saturated carbocycles. The minimum atomic E-state index is 0.696. The Morgan fingerprint density at radius 1 is 1.21 bits per heavy atom. The van der Waals surface area contributed by atoms with E-state index < -0.39 is 0 Å². The number of hydrogen-bond donors (Lipinski definition) is 1. The minimum absolute atomic E-state index is 0.696. The molecule has 0 fully saturated rings. The van der Waals surface area contributed by atoms with Gasteiger partial charge in [0.15, 0.2) is 0 Å². The average Bonchev–Trinajstić information content (AvgIpc) is 2.84. The highest BCUT2D eigenvalue weighted by Gasteiger charge is 2.01. The molecule has 0 aliphatic rings. The molecule has 0 saturated heterocycles. The molecule has 1 aromatic carbocycles. The summed E-state index contributed by atoms with van der Waals surface area (Å²) in [6.07, 6.45) is 2.07. The topological polar surface area (TPSA) is 21.3 Å². The molecule has 0 radical (unpaired) electrons. The van der Waals surface area contributed by atoms with E-state index in [1.54, 1.807) is 11.8 Å². The van der Waals surface area contributed by atoms with Crippen LogP contribution in [-0.4, -0.2) is 19.4 Å². The highest BCUT2D eigenvalue weighted by Crippen LogP contribution is 2.26. The summed E-state index contributed by atoms with van der Waals surface area (Å²) < 4.78 is 5.79. The molecule has 2 aromatic rings. The highest BCUT2D eigenvalue weighted by molar-refractivity contribution is 7.98. The molecule has 0 bridgehead atoms. The van der Waals surface area contributed by atoms with Crippen LogP contribution in [-0.2, 0) is 6.54 Å². The van der Waals surface area contributed by atoms with E-state index in [9.17, 15) is 0 Å². The maximum absolute atomic E-state index is 5.79. The molecule has 0 aliphatic heterocycles. The van der Waals surface area contributed by atoms with Gasteiger partial charge in [-0.2, -0.15) is 0 Å². The second kappa shape index (κ2) is 7.58. The van der Waals surface area contributed by atoms with Crippen LogP contribution in [0.2, 0.25) is 0 Å². The molecule has 1 heterocycles. The van der Waals surface area contributed by atoms with Crippen molar-refractivity contribution in [3.63, 3.8) is 0 Å². The van der Waals surface area contributed by atoms with E-state index in [1.807, 2.05) is 29.5 Å². The van der Waals surface area contributed by atoms with E-state index in [-0.39, 0.29) is 0 Å². The van der Waals surface area contributed by atoms with Crippen molar-refractivity contribution in [2.24, 2.45) is 0 Å². The summed E-state index contributed by atoms with van der Waals surface area (Å²) in [7, 11) is 0. The van der Waals surface area contributed by atoms with Crippen molar-refractivity contribution in [3.05, 3.63) is 46.2 Å². The van der Waals surface area contributed by atoms with Gasteiger partial charge in [-0.25, -0.2) is 0 Å². The summed E-state index contributed by atoms with van der Waals surface area (Å²) in [5, 5.41) is 3.40. The smallest absolute Gasteiger partial charge is 0.132 e. The van der Waals surface area contributed by atoms with Crippen LogP contribution in [0.1, 0.15) is 9.75 Å². The van der Waals surface area contributed by atoms with Gasteiger partial charge in [-0.1, -0.05) is 12.1 Å². The molecular formula is C15H19NOS2. The molecule has 0 amide bonds. The van der Waals surface area contributed by atoms with E-state index in [0.29, 0.717) is 6.61 Å². The monoisotopic (exact) mass is 293 g/mol. The van der Waals surface area contributed by atoms with Gasteiger partial charge in [-0.3, -0.25) is 0 Å². The van der Waals surface area contributed by atoms with Crippen LogP contribution in [0.4, 0.5) is 0 Å². The Bertz CT molecular complexity index is 510. The molecule has 2 rings (SSSR count). The molecule has 0 atom stereocenters. The molecule has 4 heteroatoms. The molecule has 102 valence electrons. The maximum atomic E-state index is 5.79. The number of nitrogens with one attached hydrogen (secondary N) is 1. The van der Waals surface area contributed by atoms with Gasteiger partial charge in [0, 0.05) is 27.7 Å².